The van der Waals surface area contributed by atoms with Crippen LogP contribution in [0.1, 0.15) is 34.1 Å². The van der Waals surface area contributed by atoms with Crippen LogP contribution in [0.15, 0.2) is 48.5 Å². The molecule has 3 aromatic rings. The topological polar surface area (TPSA) is 95.3 Å². The Morgan fingerprint density at radius 1 is 1.22 bits per heavy atom. The molecule has 1 fully saturated rings. The molecule has 1 aliphatic heterocycles. The highest BCUT2D eigenvalue weighted by molar-refractivity contribution is 7.91. The maximum atomic E-state index is 12.4. The Balaban J connectivity index is 1.39. The van der Waals surface area contributed by atoms with Crippen LogP contribution < -0.4 is 0 Å². The number of rotatable bonds is 6. The van der Waals surface area contributed by atoms with Gasteiger partial charge in [0.15, 0.2) is 22.2 Å². The molecule has 166 valence electrons. The third-order valence-corrected chi connectivity index (χ3v) is 7.56. The summed E-state index contributed by atoms with van der Waals surface area (Å²) < 4.78 is 30.1. The highest BCUT2D eigenvalue weighted by Crippen LogP contribution is 2.30. The molecule has 1 aromatic heterocycles. The van der Waals surface area contributed by atoms with Crippen molar-refractivity contribution < 1.29 is 22.7 Å². The molecule has 2 aromatic carbocycles. The van der Waals surface area contributed by atoms with E-state index in [1.807, 2.05) is 30.3 Å². The maximum absolute atomic E-state index is 12.4. The lowest BCUT2D eigenvalue weighted by Crippen LogP contribution is -2.12. The number of Topliss-reactive ketones (excluding diaryl/α,β-unsaturated/α-hetero) is 1. The quantitative estimate of drug-likeness (QED) is 0.307. The number of esters is 1. The van der Waals surface area contributed by atoms with E-state index >= 15 is 0 Å². The molecular weight excluding hydrogens is 452 g/mol. The van der Waals surface area contributed by atoms with Crippen LogP contribution >= 0.6 is 11.6 Å². The largest absolute Gasteiger partial charge is 0.454 e. The molecule has 0 amide bonds. The summed E-state index contributed by atoms with van der Waals surface area (Å²) in [5, 5.41) is 6.55. The average Bonchev–Trinajstić information content (AvgIpc) is 3.27. The molecule has 2 heterocycles. The summed E-state index contributed by atoms with van der Waals surface area (Å²) in [6.45, 7) is 1.34. The number of aromatic nitrogens is 2. The molecule has 0 aliphatic carbocycles. The van der Waals surface area contributed by atoms with Gasteiger partial charge in [0, 0.05) is 17.2 Å². The van der Waals surface area contributed by atoms with E-state index in [0.29, 0.717) is 23.2 Å². The van der Waals surface area contributed by atoms with E-state index in [1.54, 1.807) is 19.1 Å². The zero-order valence-electron chi connectivity index (χ0n) is 17.3. The molecule has 0 spiro atoms. The van der Waals surface area contributed by atoms with Gasteiger partial charge in [0.05, 0.1) is 23.2 Å². The van der Waals surface area contributed by atoms with E-state index in [9.17, 15) is 18.0 Å². The molecule has 4 rings (SSSR count). The third-order valence-electron chi connectivity index (χ3n) is 5.43. The fraction of sp³-hybridized carbons (Fsp3) is 0.261. The van der Waals surface area contributed by atoms with Gasteiger partial charge >= 0.3 is 5.97 Å². The molecule has 32 heavy (non-hydrogen) atoms. The highest BCUT2D eigenvalue weighted by Gasteiger charge is 2.31. The van der Waals surface area contributed by atoms with Gasteiger partial charge in [-0.25, -0.2) is 17.9 Å². The van der Waals surface area contributed by atoms with Crippen LogP contribution in [-0.4, -0.2) is 48.1 Å². The van der Waals surface area contributed by atoms with E-state index in [0.717, 1.165) is 10.8 Å². The first kappa shape index (κ1) is 22.2. The van der Waals surface area contributed by atoms with Crippen molar-refractivity contribution >= 4 is 50.0 Å². The number of fused-ring (bicyclic) bond motifs is 1. The molecule has 0 bridgehead atoms. The predicted octanol–water partition coefficient (Wildman–Crippen LogP) is 3.80. The van der Waals surface area contributed by atoms with Crippen LogP contribution in [0.4, 0.5) is 0 Å². The predicted molar refractivity (Wildman–Crippen MR) is 123 cm³/mol. The summed E-state index contributed by atoms with van der Waals surface area (Å²) in [5.41, 5.74) is 1.54. The third kappa shape index (κ3) is 4.76. The van der Waals surface area contributed by atoms with Gasteiger partial charge < -0.3 is 4.74 Å². The van der Waals surface area contributed by atoms with Gasteiger partial charge in [0.25, 0.3) is 0 Å². The fourth-order valence-corrected chi connectivity index (χ4v) is 5.78. The van der Waals surface area contributed by atoms with Gasteiger partial charge in [-0.05, 0) is 36.3 Å². The van der Waals surface area contributed by atoms with Crippen molar-refractivity contribution in [1.29, 1.82) is 0 Å². The number of benzene rings is 2. The molecule has 9 heteroatoms. The lowest BCUT2D eigenvalue weighted by atomic mass is 10.0. The zero-order chi connectivity index (χ0) is 22.9. The second kappa shape index (κ2) is 8.88. The Morgan fingerprint density at radius 2 is 1.97 bits per heavy atom. The van der Waals surface area contributed by atoms with Crippen LogP contribution in [0.3, 0.4) is 0 Å². The van der Waals surface area contributed by atoms with E-state index in [-0.39, 0.29) is 35.1 Å². The molecule has 1 unspecified atom stereocenters. The number of sulfone groups is 1. The lowest BCUT2D eigenvalue weighted by Gasteiger charge is -2.09. The average molecular weight is 473 g/mol. The molecule has 0 saturated carbocycles. The number of aryl methyl sites for hydroxylation is 1. The first-order valence-electron chi connectivity index (χ1n) is 10.1. The summed E-state index contributed by atoms with van der Waals surface area (Å²) >= 11 is 6.39. The Hall–Kier alpha value is -2.97. The number of carbonyl (C=O) groups is 2. The van der Waals surface area contributed by atoms with Gasteiger partial charge in [-0.1, -0.05) is 48.0 Å². The van der Waals surface area contributed by atoms with Crippen molar-refractivity contribution in [3.63, 3.8) is 0 Å². The van der Waals surface area contributed by atoms with Gasteiger partial charge in [0.2, 0.25) is 0 Å². The number of hydrogen-bond acceptors (Lipinski definition) is 6. The van der Waals surface area contributed by atoms with Crippen molar-refractivity contribution in [3.05, 3.63) is 70.5 Å². The second-order valence-corrected chi connectivity index (χ2v) is 10.3. The van der Waals surface area contributed by atoms with Crippen molar-refractivity contribution in [2.24, 2.45) is 0 Å². The lowest BCUT2D eigenvalue weighted by molar-refractivity contribution is -0.136. The normalized spacial score (nSPS) is 17.8. The smallest absolute Gasteiger partial charge is 0.331 e. The first-order chi connectivity index (χ1) is 15.2. The maximum Gasteiger partial charge on any atom is 0.331 e. The summed E-state index contributed by atoms with van der Waals surface area (Å²) in [6.07, 6.45) is 3.10. The Morgan fingerprint density at radius 3 is 2.69 bits per heavy atom. The highest BCUT2D eigenvalue weighted by atomic mass is 35.5. The molecule has 1 saturated heterocycles. The van der Waals surface area contributed by atoms with Crippen molar-refractivity contribution in [3.8, 4) is 0 Å². The number of hydrogen-bond donors (Lipinski definition) is 0. The minimum atomic E-state index is -3.08. The van der Waals surface area contributed by atoms with Crippen LogP contribution in [0.2, 0.25) is 5.15 Å². The van der Waals surface area contributed by atoms with Crippen LogP contribution in [0.5, 0.6) is 0 Å². The minimum absolute atomic E-state index is 0.00405. The van der Waals surface area contributed by atoms with Gasteiger partial charge in [-0.15, -0.1) is 0 Å². The van der Waals surface area contributed by atoms with E-state index in [1.165, 1.54) is 16.8 Å². The van der Waals surface area contributed by atoms with Crippen molar-refractivity contribution in [1.82, 2.24) is 9.78 Å². The molecule has 0 radical (unpaired) electrons. The van der Waals surface area contributed by atoms with Crippen molar-refractivity contribution in [2.75, 3.05) is 18.1 Å². The monoisotopic (exact) mass is 472 g/mol. The van der Waals surface area contributed by atoms with Crippen molar-refractivity contribution in [2.45, 2.75) is 19.4 Å². The van der Waals surface area contributed by atoms with E-state index in [4.69, 9.17) is 16.3 Å². The molecule has 1 atom stereocenters. The minimum Gasteiger partial charge on any atom is -0.454 e. The molecule has 7 nitrogen and oxygen atoms in total. The van der Waals surface area contributed by atoms with Gasteiger partial charge in [0.1, 0.15) is 5.15 Å². The van der Waals surface area contributed by atoms with Crippen LogP contribution in [0.25, 0.3) is 16.8 Å². The fourth-order valence-electron chi connectivity index (χ4n) is 3.71. The van der Waals surface area contributed by atoms with Gasteiger partial charge in [-0.2, -0.15) is 5.10 Å². The molecule has 0 N–H and O–H groups in total. The summed E-state index contributed by atoms with van der Waals surface area (Å²) in [5.74, 6) is -0.890. The van der Waals surface area contributed by atoms with E-state index < -0.39 is 15.8 Å². The zero-order valence-corrected chi connectivity index (χ0v) is 18.9. The second-order valence-electron chi connectivity index (χ2n) is 7.72. The molecule has 1 aliphatic rings. The van der Waals surface area contributed by atoms with Crippen LogP contribution in [0, 0.1) is 6.92 Å². The van der Waals surface area contributed by atoms with Gasteiger partial charge in [-0.3, -0.25) is 4.79 Å². The van der Waals surface area contributed by atoms with E-state index in [2.05, 4.69) is 5.10 Å². The number of nitrogens with zero attached hydrogens (tertiary/aromatic N) is 2. The summed E-state index contributed by atoms with van der Waals surface area (Å²) in [4.78, 5) is 24.5. The Kier molecular flexibility index (Phi) is 6.17. The molecular formula is C23H21ClN2O5S. The number of carbonyl (C=O) groups excluding carboxylic acids is 2. The summed E-state index contributed by atoms with van der Waals surface area (Å²) in [6, 6.07) is 12.7. The number of halogens is 1. The first-order valence-corrected chi connectivity index (χ1v) is 12.3. The summed E-state index contributed by atoms with van der Waals surface area (Å²) in [7, 11) is -3.08. The number of ketones is 1. The SMILES string of the molecule is Cc1nn(C2CCS(=O)(=O)C2)c(Cl)c1C=CC(=O)OCC(=O)c1ccc2ccccc2c1. The Bertz CT molecular complexity index is 1340. The standard InChI is InChI=1S/C23H21ClN2O5S/c1-15-20(23(24)26(25-15)19-10-11-32(29,30)14-19)8-9-22(28)31-13-21(27)18-7-6-16-4-2-3-5-17(16)12-18/h2-9,12,19H,10-11,13-14H2,1H3. The number of ether oxygens (including phenoxy) is 1. The Labute approximate surface area is 190 Å². The van der Waals surface area contributed by atoms with Crippen LogP contribution in [-0.2, 0) is 19.4 Å².